The Balaban J connectivity index is 0.869. The maximum Gasteiger partial charge on any atom is 0.0465 e. The Morgan fingerprint density at radius 2 is 0.592 bits per heavy atom. The number of hydrogen-bond acceptors (Lipinski definition) is 1. The Hall–Kier alpha value is -8.52. The molecule has 1 nitrogen and oxygen atoms in total. The molecule has 15 rings (SSSR count). The molecule has 1 heteroatoms. The van der Waals surface area contributed by atoms with Crippen LogP contribution in [0.25, 0.3) is 98.7 Å². The average molecular weight is 974 g/mol. The molecule has 12 aromatic carbocycles. The first-order valence-corrected chi connectivity index (χ1v) is 27.2. The summed E-state index contributed by atoms with van der Waals surface area (Å²) in [5.74, 6) is 0. The average Bonchev–Trinajstić information content (AvgIpc) is 3.91. The van der Waals surface area contributed by atoms with Gasteiger partial charge < -0.3 is 4.90 Å². The van der Waals surface area contributed by atoms with Crippen molar-refractivity contribution in [1.82, 2.24) is 0 Å². The third-order valence-corrected chi connectivity index (χ3v) is 18.3. The molecule has 76 heavy (non-hydrogen) atoms. The highest BCUT2D eigenvalue weighted by molar-refractivity contribution is 6.24. The number of hydrogen-bond donors (Lipinski definition) is 0. The van der Waals surface area contributed by atoms with Crippen LogP contribution in [-0.2, 0) is 16.2 Å². The maximum atomic E-state index is 2.54. The fraction of sp³-hybridized carbons (Fsp3) is 0.147. The van der Waals surface area contributed by atoms with Crippen LogP contribution < -0.4 is 4.90 Å². The lowest BCUT2D eigenvalue weighted by molar-refractivity contribution is 0.659. The van der Waals surface area contributed by atoms with E-state index in [0.29, 0.717) is 0 Å². The van der Waals surface area contributed by atoms with Crippen LogP contribution in [0.4, 0.5) is 17.1 Å². The van der Waals surface area contributed by atoms with E-state index in [4.69, 9.17) is 0 Å². The Bertz CT molecular complexity index is 4410. The molecule has 0 unspecified atom stereocenters. The van der Waals surface area contributed by atoms with Gasteiger partial charge in [-0.25, -0.2) is 0 Å². The molecule has 364 valence electrons. The highest BCUT2D eigenvalue weighted by atomic mass is 15.1. The number of rotatable bonds is 5. The standard InChI is InChI=1S/C75H59N/c1-44-21-29-57-60-32-26-50(39-70(60)73(3,4)67(57)35-44)76(51-27-33-61-58-30-22-45(2)36-68(58)74(5,6)71(61)40-51)52-28-34-62-59-31-25-49(38-69(59)75(7,8)72(62)41-52)64-43-66-55-19-13-11-17-53(55)63(42-65(66)56-20-14-12-18-54(56)64)48-24-23-46-15-9-10-16-47(46)37-48/h9-43H,1-8H3. The van der Waals surface area contributed by atoms with Crippen LogP contribution in [0, 0.1) is 13.8 Å². The van der Waals surface area contributed by atoms with Gasteiger partial charge in [0.1, 0.15) is 0 Å². The molecule has 0 heterocycles. The Morgan fingerprint density at radius 3 is 1.05 bits per heavy atom. The van der Waals surface area contributed by atoms with Crippen molar-refractivity contribution in [2.45, 2.75) is 71.6 Å². The minimum absolute atomic E-state index is 0.138. The van der Waals surface area contributed by atoms with Crippen molar-refractivity contribution >= 4 is 60.2 Å². The second-order valence-electron chi connectivity index (χ2n) is 23.9. The zero-order valence-electron chi connectivity index (χ0n) is 44.7. The summed E-state index contributed by atoms with van der Waals surface area (Å²) in [5, 5.41) is 10.2. The Labute approximate surface area is 446 Å². The minimum atomic E-state index is -0.269. The van der Waals surface area contributed by atoms with Crippen LogP contribution in [0.2, 0.25) is 0 Å². The molecule has 0 saturated heterocycles. The van der Waals surface area contributed by atoms with Gasteiger partial charge in [-0.15, -0.1) is 0 Å². The quantitative estimate of drug-likeness (QED) is 0.155. The highest BCUT2D eigenvalue weighted by Crippen LogP contribution is 2.56. The third-order valence-electron chi connectivity index (χ3n) is 18.3. The van der Waals surface area contributed by atoms with Crippen molar-refractivity contribution in [2.24, 2.45) is 0 Å². The predicted octanol–water partition coefficient (Wildman–Crippen LogP) is 20.6. The second-order valence-corrected chi connectivity index (χ2v) is 23.9. The summed E-state index contributed by atoms with van der Waals surface area (Å²) in [6.07, 6.45) is 0. The van der Waals surface area contributed by atoms with Crippen molar-refractivity contribution in [3.8, 4) is 55.6 Å². The van der Waals surface area contributed by atoms with E-state index in [9.17, 15) is 0 Å². The maximum absolute atomic E-state index is 2.54. The zero-order chi connectivity index (χ0) is 51.6. The Morgan fingerprint density at radius 1 is 0.250 bits per heavy atom. The lowest BCUT2D eigenvalue weighted by Gasteiger charge is -2.31. The van der Waals surface area contributed by atoms with E-state index in [1.54, 1.807) is 0 Å². The van der Waals surface area contributed by atoms with E-state index in [0.717, 1.165) is 0 Å². The number of fused-ring (bicyclic) bond motifs is 15. The largest absolute Gasteiger partial charge is 0.310 e. The van der Waals surface area contributed by atoms with Gasteiger partial charge in [-0.05, 0) is 207 Å². The summed E-state index contributed by atoms with van der Waals surface area (Å²) in [5.41, 5.74) is 26.9. The zero-order valence-corrected chi connectivity index (χ0v) is 44.7. The molecule has 0 radical (unpaired) electrons. The van der Waals surface area contributed by atoms with E-state index in [1.807, 2.05) is 0 Å². The van der Waals surface area contributed by atoms with Gasteiger partial charge in [-0.2, -0.15) is 0 Å². The van der Waals surface area contributed by atoms with Crippen LogP contribution in [0.15, 0.2) is 212 Å². The lowest BCUT2D eigenvalue weighted by Crippen LogP contribution is -2.19. The van der Waals surface area contributed by atoms with Gasteiger partial charge in [-0.3, -0.25) is 0 Å². The van der Waals surface area contributed by atoms with Crippen LogP contribution in [-0.4, -0.2) is 0 Å². The molecule has 3 aliphatic rings. The fourth-order valence-electron chi connectivity index (χ4n) is 14.2. The van der Waals surface area contributed by atoms with E-state index in [1.165, 1.54) is 160 Å². The molecule has 0 saturated carbocycles. The van der Waals surface area contributed by atoms with Gasteiger partial charge in [0.25, 0.3) is 0 Å². The van der Waals surface area contributed by atoms with Crippen molar-refractivity contribution in [3.05, 3.63) is 257 Å². The predicted molar refractivity (Wildman–Crippen MR) is 324 cm³/mol. The topological polar surface area (TPSA) is 3.24 Å². The molecule has 0 spiro atoms. The monoisotopic (exact) mass is 973 g/mol. The fourth-order valence-corrected chi connectivity index (χ4v) is 14.2. The first-order valence-electron chi connectivity index (χ1n) is 27.2. The smallest absolute Gasteiger partial charge is 0.0465 e. The summed E-state index contributed by atoms with van der Waals surface area (Å²) < 4.78 is 0. The summed E-state index contributed by atoms with van der Waals surface area (Å²) in [7, 11) is 0. The summed E-state index contributed by atoms with van der Waals surface area (Å²) in [6, 6.07) is 81.6. The van der Waals surface area contributed by atoms with Crippen LogP contribution in [0.3, 0.4) is 0 Å². The molecule has 3 aliphatic carbocycles. The molecule has 0 bridgehead atoms. The first-order chi connectivity index (χ1) is 36.7. The summed E-state index contributed by atoms with van der Waals surface area (Å²) in [4.78, 5) is 2.54. The van der Waals surface area contributed by atoms with E-state index < -0.39 is 0 Å². The lowest BCUT2D eigenvalue weighted by atomic mass is 9.80. The molecule has 0 fully saturated rings. The molecular weight excluding hydrogens is 915 g/mol. The van der Waals surface area contributed by atoms with E-state index in [2.05, 4.69) is 273 Å². The first kappa shape index (κ1) is 44.9. The summed E-state index contributed by atoms with van der Waals surface area (Å²) in [6.45, 7) is 18.9. The van der Waals surface area contributed by atoms with Crippen LogP contribution in [0.5, 0.6) is 0 Å². The molecular formula is C75H59N. The van der Waals surface area contributed by atoms with Gasteiger partial charge in [0.05, 0.1) is 0 Å². The van der Waals surface area contributed by atoms with Gasteiger partial charge in [0.15, 0.2) is 0 Å². The van der Waals surface area contributed by atoms with Crippen LogP contribution in [0.1, 0.15) is 86.1 Å². The number of aryl methyl sites for hydroxylation is 2. The number of anilines is 3. The van der Waals surface area contributed by atoms with Gasteiger partial charge in [0, 0.05) is 33.3 Å². The van der Waals surface area contributed by atoms with Crippen molar-refractivity contribution in [3.63, 3.8) is 0 Å². The van der Waals surface area contributed by atoms with Gasteiger partial charge in [-0.1, -0.05) is 204 Å². The summed E-state index contributed by atoms with van der Waals surface area (Å²) >= 11 is 0. The SMILES string of the molecule is Cc1ccc2c(c1)C(C)(C)c1cc(N(c3ccc4c(c3)C(C)(C)c3cc(C)ccc3-4)c3ccc4c(c3)C(C)(C)c3cc(-c5cc6c7ccccc7c(-c7ccc8ccccc8c7)cc6c6ccccc56)ccc3-4)ccc1-2. The number of nitrogens with zero attached hydrogens (tertiary/aromatic N) is 1. The normalized spacial score (nSPS) is 14.9. The number of benzene rings is 12. The van der Waals surface area contributed by atoms with Crippen LogP contribution >= 0.6 is 0 Å². The molecule has 0 N–H and O–H groups in total. The molecule has 12 aromatic rings. The van der Waals surface area contributed by atoms with E-state index >= 15 is 0 Å². The van der Waals surface area contributed by atoms with Crippen molar-refractivity contribution in [1.29, 1.82) is 0 Å². The van der Waals surface area contributed by atoms with Crippen molar-refractivity contribution < 1.29 is 0 Å². The van der Waals surface area contributed by atoms with E-state index in [-0.39, 0.29) is 16.2 Å². The molecule has 0 atom stereocenters. The van der Waals surface area contributed by atoms with Gasteiger partial charge in [0.2, 0.25) is 0 Å². The minimum Gasteiger partial charge on any atom is -0.310 e. The van der Waals surface area contributed by atoms with Crippen molar-refractivity contribution in [2.75, 3.05) is 4.90 Å². The third kappa shape index (κ3) is 6.32. The second kappa shape index (κ2) is 15.8. The van der Waals surface area contributed by atoms with Gasteiger partial charge >= 0.3 is 0 Å². The molecule has 0 amide bonds. The molecule has 0 aliphatic heterocycles. The highest BCUT2D eigenvalue weighted by Gasteiger charge is 2.40. The Kier molecular flexibility index (Phi) is 9.32. The molecule has 0 aromatic heterocycles.